The molecule has 2 aromatic rings. The van der Waals surface area contributed by atoms with Gasteiger partial charge in [-0.2, -0.15) is 0 Å². The lowest BCUT2D eigenvalue weighted by molar-refractivity contribution is 0.341. The van der Waals surface area contributed by atoms with Gasteiger partial charge in [-0.05, 0) is 30.7 Å². The number of aromatic nitrogens is 1. The van der Waals surface area contributed by atoms with E-state index in [1.807, 2.05) is 49.0 Å². The minimum atomic E-state index is 0.685. The van der Waals surface area contributed by atoms with Gasteiger partial charge in [0.2, 0.25) is 0 Å². The molecular formula is C14H18N2O. The normalized spacial score (nSPS) is 10.2. The van der Waals surface area contributed by atoms with E-state index in [2.05, 4.69) is 17.6 Å². The zero-order valence-electron chi connectivity index (χ0n) is 10.3. The summed E-state index contributed by atoms with van der Waals surface area (Å²) in [5, 5.41) is 3.39. The fourth-order valence-corrected chi connectivity index (χ4v) is 1.76. The number of rotatable bonds is 5. The summed E-state index contributed by atoms with van der Waals surface area (Å²) in [6.07, 6.45) is 4.15. The average Bonchev–Trinajstić information content (AvgIpc) is 2.74. The van der Waals surface area contributed by atoms with Crippen molar-refractivity contribution in [2.24, 2.45) is 7.05 Å². The van der Waals surface area contributed by atoms with Gasteiger partial charge in [0.25, 0.3) is 0 Å². The Kier molecular flexibility index (Phi) is 3.70. The van der Waals surface area contributed by atoms with Gasteiger partial charge in [-0.25, -0.2) is 0 Å². The Bertz CT molecular complexity index is 477. The molecule has 0 radical (unpaired) electrons. The second-order valence-electron chi connectivity index (χ2n) is 3.97. The Morgan fingerprint density at radius 2 is 2.06 bits per heavy atom. The third-order valence-electron chi connectivity index (χ3n) is 2.56. The molecule has 0 amide bonds. The molecule has 0 bridgehead atoms. The maximum Gasteiger partial charge on any atom is 0.142 e. The molecule has 0 fully saturated rings. The molecule has 1 aromatic carbocycles. The van der Waals surface area contributed by atoms with Crippen molar-refractivity contribution in [1.29, 1.82) is 0 Å². The summed E-state index contributed by atoms with van der Waals surface area (Å²) >= 11 is 0. The molecule has 0 spiro atoms. The number of aryl methyl sites for hydroxylation is 1. The van der Waals surface area contributed by atoms with Gasteiger partial charge in [-0.15, -0.1) is 0 Å². The molecule has 0 aliphatic carbocycles. The Morgan fingerprint density at radius 1 is 1.24 bits per heavy atom. The first-order valence-electron chi connectivity index (χ1n) is 5.86. The van der Waals surface area contributed by atoms with E-state index < -0.39 is 0 Å². The molecule has 3 nitrogen and oxygen atoms in total. The molecule has 0 unspecified atom stereocenters. The maximum absolute atomic E-state index is 5.56. The van der Waals surface area contributed by atoms with Crippen LogP contribution in [0.2, 0.25) is 0 Å². The minimum Gasteiger partial charge on any atom is -0.492 e. The summed E-state index contributed by atoms with van der Waals surface area (Å²) in [6, 6.07) is 10.1. The molecule has 0 aliphatic heterocycles. The van der Waals surface area contributed by atoms with Crippen LogP contribution in [0.5, 0.6) is 5.75 Å². The molecule has 1 N–H and O–H groups in total. The number of nitrogens with zero attached hydrogens (tertiary/aromatic N) is 1. The summed E-state index contributed by atoms with van der Waals surface area (Å²) in [5.41, 5.74) is 2.30. The molecule has 0 saturated heterocycles. The molecule has 0 saturated carbocycles. The number of hydrogen-bond donors (Lipinski definition) is 1. The second kappa shape index (κ2) is 5.43. The minimum absolute atomic E-state index is 0.685. The van der Waals surface area contributed by atoms with Gasteiger partial charge < -0.3 is 14.6 Å². The first-order valence-corrected chi connectivity index (χ1v) is 5.86. The molecular weight excluding hydrogens is 212 g/mol. The van der Waals surface area contributed by atoms with Crippen LogP contribution in [0, 0.1) is 0 Å². The van der Waals surface area contributed by atoms with Crippen molar-refractivity contribution in [3.63, 3.8) is 0 Å². The zero-order chi connectivity index (χ0) is 12.1. The van der Waals surface area contributed by atoms with Gasteiger partial charge >= 0.3 is 0 Å². The fraction of sp³-hybridized carbons (Fsp3) is 0.286. The number of ether oxygens (including phenoxy) is 1. The molecule has 1 heterocycles. The van der Waals surface area contributed by atoms with Gasteiger partial charge in [-0.1, -0.05) is 12.1 Å². The van der Waals surface area contributed by atoms with E-state index >= 15 is 0 Å². The molecule has 3 heteroatoms. The summed E-state index contributed by atoms with van der Waals surface area (Å²) < 4.78 is 7.61. The van der Waals surface area contributed by atoms with E-state index in [1.165, 1.54) is 5.56 Å². The monoisotopic (exact) mass is 230 g/mol. The molecule has 1 aromatic heterocycles. The van der Waals surface area contributed by atoms with Crippen molar-refractivity contribution >= 4 is 5.69 Å². The summed E-state index contributed by atoms with van der Waals surface area (Å²) in [5.74, 6) is 0.908. The molecule has 90 valence electrons. The van der Waals surface area contributed by atoms with Gasteiger partial charge in [-0.3, -0.25) is 0 Å². The maximum atomic E-state index is 5.56. The van der Waals surface area contributed by atoms with Crippen LogP contribution in [0.1, 0.15) is 12.5 Å². The predicted molar refractivity (Wildman–Crippen MR) is 70.4 cm³/mol. The lowest BCUT2D eigenvalue weighted by Crippen LogP contribution is -2.02. The van der Waals surface area contributed by atoms with Crippen molar-refractivity contribution in [2.75, 3.05) is 11.9 Å². The highest BCUT2D eigenvalue weighted by Crippen LogP contribution is 2.24. The number of benzene rings is 1. The van der Waals surface area contributed by atoms with Crippen molar-refractivity contribution in [3.8, 4) is 5.75 Å². The van der Waals surface area contributed by atoms with Crippen LogP contribution >= 0.6 is 0 Å². The van der Waals surface area contributed by atoms with Crippen molar-refractivity contribution < 1.29 is 4.74 Å². The second-order valence-corrected chi connectivity index (χ2v) is 3.97. The van der Waals surface area contributed by atoms with E-state index in [9.17, 15) is 0 Å². The Labute approximate surface area is 102 Å². The number of hydrogen-bond acceptors (Lipinski definition) is 2. The standard InChI is InChI=1S/C14H18N2O/c1-3-17-14-7-5-4-6-13(14)15-10-12-8-9-16(2)11-12/h4-9,11,15H,3,10H2,1-2H3. The fourth-order valence-electron chi connectivity index (χ4n) is 1.76. The van der Waals surface area contributed by atoms with Crippen LogP contribution in [-0.2, 0) is 13.6 Å². The summed E-state index contributed by atoms with van der Waals surface area (Å²) in [7, 11) is 2.03. The highest BCUT2D eigenvalue weighted by atomic mass is 16.5. The van der Waals surface area contributed by atoms with E-state index in [0.29, 0.717) is 6.61 Å². The van der Waals surface area contributed by atoms with Gasteiger partial charge in [0.15, 0.2) is 0 Å². The molecule has 2 rings (SSSR count). The average molecular weight is 230 g/mol. The van der Waals surface area contributed by atoms with Crippen LogP contribution in [0.4, 0.5) is 5.69 Å². The predicted octanol–water partition coefficient (Wildman–Crippen LogP) is 3.04. The van der Waals surface area contributed by atoms with Crippen LogP contribution in [0.15, 0.2) is 42.7 Å². The summed E-state index contributed by atoms with van der Waals surface area (Å²) in [4.78, 5) is 0. The Morgan fingerprint density at radius 3 is 2.76 bits per heavy atom. The SMILES string of the molecule is CCOc1ccccc1NCc1ccn(C)c1. The zero-order valence-corrected chi connectivity index (χ0v) is 10.3. The largest absolute Gasteiger partial charge is 0.492 e. The quantitative estimate of drug-likeness (QED) is 0.854. The highest BCUT2D eigenvalue weighted by Gasteiger charge is 2.01. The van der Waals surface area contributed by atoms with Crippen LogP contribution in [0.3, 0.4) is 0 Å². The van der Waals surface area contributed by atoms with Crippen LogP contribution in [0.25, 0.3) is 0 Å². The van der Waals surface area contributed by atoms with Gasteiger partial charge in [0, 0.05) is 26.0 Å². The van der Waals surface area contributed by atoms with Gasteiger partial charge in [0.05, 0.1) is 12.3 Å². The number of nitrogens with one attached hydrogen (secondary N) is 1. The topological polar surface area (TPSA) is 26.2 Å². The molecule has 0 atom stereocenters. The van der Waals surface area contributed by atoms with Gasteiger partial charge in [0.1, 0.15) is 5.75 Å². The summed E-state index contributed by atoms with van der Waals surface area (Å²) in [6.45, 7) is 3.49. The lowest BCUT2D eigenvalue weighted by atomic mass is 10.2. The molecule has 17 heavy (non-hydrogen) atoms. The van der Waals surface area contributed by atoms with Crippen LogP contribution < -0.4 is 10.1 Å². The highest BCUT2D eigenvalue weighted by molar-refractivity contribution is 5.56. The number of para-hydroxylation sites is 2. The van der Waals surface area contributed by atoms with E-state index in [1.54, 1.807) is 0 Å². The van der Waals surface area contributed by atoms with E-state index in [4.69, 9.17) is 4.74 Å². The molecule has 0 aliphatic rings. The van der Waals surface area contributed by atoms with E-state index in [-0.39, 0.29) is 0 Å². The van der Waals surface area contributed by atoms with Crippen molar-refractivity contribution in [3.05, 3.63) is 48.3 Å². The lowest BCUT2D eigenvalue weighted by Gasteiger charge is -2.11. The number of anilines is 1. The van der Waals surface area contributed by atoms with Crippen LogP contribution in [-0.4, -0.2) is 11.2 Å². The Balaban J connectivity index is 2.03. The van der Waals surface area contributed by atoms with E-state index in [0.717, 1.165) is 18.0 Å². The van der Waals surface area contributed by atoms with Crippen molar-refractivity contribution in [2.45, 2.75) is 13.5 Å². The smallest absolute Gasteiger partial charge is 0.142 e. The third-order valence-corrected chi connectivity index (χ3v) is 2.56. The first kappa shape index (κ1) is 11.6. The third kappa shape index (κ3) is 3.03. The van der Waals surface area contributed by atoms with Crippen molar-refractivity contribution in [1.82, 2.24) is 4.57 Å². The first-order chi connectivity index (χ1) is 8.29. The Hall–Kier alpha value is -1.90.